The Hall–Kier alpha value is -4.10. The van der Waals surface area contributed by atoms with Gasteiger partial charge in [0.15, 0.2) is 5.75 Å². The molecule has 0 N–H and O–H groups in total. The van der Waals surface area contributed by atoms with Crippen LogP contribution in [0.15, 0.2) is 132 Å². The monoisotopic (exact) mass is 662 g/mol. The molecule has 0 unspecified atom stereocenters. The summed E-state index contributed by atoms with van der Waals surface area (Å²) in [7, 11) is 0. The minimum Gasteiger partial charge on any atom is -0.490 e. The quantitative estimate of drug-likeness (QED) is 0.138. The predicted molar refractivity (Wildman–Crippen MR) is 181 cm³/mol. The Kier molecular flexibility index (Phi) is 8.64. The normalized spacial score (nSPS) is 15.9. The zero-order valence-corrected chi connectivity index (χ0v) is 26.4. The molecule has 7 rings (SSSR count). The molecule has 220 valence electrons. The fourth-order valence-corrected chi connectivity index (χ4v) is 6.64. The van der Waals surface area contributed by atoms with E-state index >= 15 is 0 Å². The van der Waals surface area contributed by atoms with Crippen LogP contribution in [0.25, 0.3) is 20.5 Å². The molecular formula is C38H31BrO4S. The first kappa shape index (κ1) is 28.7. The lowest BCUT2D eigenvalue weighted by Crippen LogP contribution is -2.39. The van der Waals surface area contributed by atoms with Crippen LogP contribution in [-0.4, -0.2) is 12.2 Å². The molecule has 0 bridgehead atoms. The lowest BCUT2D eigenvalue weighted by Gasteiger charge is -2.35. The molecule has 1 aliphatic rings. The van der Waals surface area contributed by atoms with Gasteiger partial charge in [-0.1, -0.05) is 88.7 Å². The number of thiophene rings is 1. The van der Waals surface area contributed by atoms with Crippen LogP contribution in [0.2, 0.25) is 0 Å². The van der Waals surface area contributed by atoms with E-state index in [0.29, 0.717) is 13.2 Å². The van der Waals surface area contributed by atoms with Crippen LogP contribution in [-0.2, 0) is 18.0 Å². The Morgan fingerprint density at radius 2 is 1.27 bits per heavy atom. The van der Waals surface area contributed by atoms with E-state index in [4.69, 9.17) is 18.9 Å². The number of rotatable bonds is 11. The van der Waals surface area contributed by atoms with Crippen LogP contribution in [0, 0.1) is 0 Å². The Bertz CT molecular complexity index is 1810. The van der Waals surface area contributed by atoms with Gasteiger partial charge in [0.1, 0.15) is 30.0 Å². The highest BCUT2D eigenvalue weighted by Gasteiger charge is 2.31. The Morgan fingerprint density at radius 3 is 1.98 bits per heavy atom. The molecule has 0 atom stereocenters. The van der Waals surface area contributed by atoms with Crippen LogP contribution in [0.3, 0.4) is 0 Å². The number of hydrogen-bond acceptors (Lipinski definition) is 5. The second kappa shape index (κ2) is 13.3. The van der Waals surface area contributed by atoms with Crippen molar-refractivity contribution in [1.82, 2.24) is 0 Å². The van der Waals surface area contributed by atoms with Crippen molar-refractivity contribution in [2.45, 2.75) is 38.3 Å². The largest absolute Gasteiger partial charge is 0.490 e. The van der Waals surface area contributed by atoms with E-state index in [1.807, 2.05) is 66.7 Å². The summed E-state index contributed by atoms with van der Waals surface area (Å²) < 4.78 is 27.1. The smallest absolute Gasteiger partial charge is 0.153 e. The molecule has 6 aromatic rings. The van der Waals surface area contributed by atoms with Gasteiger partial charge in [0.25, 0.3) is 0 Å². The average molecular weight is 664 g/mol. The number of ether oxygens (including phenoxy) is 4. The maximum atomic E-state index is 6.59. The molecular weight excluding hydrogens is 632 g/mol. The third-order valence-corrected chi connectivity index (χ3v) is 9.41. The number of benzene rings is 5. The summed E-state index contributed by atoms with van der Waals surface area (Å²) in [6.45, 7) is 1.17. The lowest BCUT2D eigenvalue weighted by molar-refractivity contribution is -0.0683. The van der Waals surface area contributed by atoms with Crippen molar-refractivity contribution in [1.29, 1.82) is 0 Å². The van der Waals surface area contributed by atoms with Crippen molar-refractivity contribution in [3.05, 3.63) is 143 Å². The van der Waals surface area contributed by atoms with Gasteiger partial charge in [0, 0.05) is 27.4 Å². The minimum absolute atomic E-state index is 0.172. The number of halogens is 1. The zero-order valence-electron chi connectivity index (χ0n) is 24.0. The van der Waals surface area contributed by atoms with Crippen molar-refractivity contribution in [3.63, 3.8) is 0 Å². The van der Waals surface area contributed by atoms with Gasteiger partial charge in [-0.15, -0.1) is 11.3 Å². The van der Waals surface area contributed by atoms with E-state index in [2.05, 4.69) is 76.6 Å². The van der Waals surface area contributed by atoms with Gasteiger partial charge in [-0.25, -0.2) is 0 Å². The van der Waals surface area contributed by atoms with Gasteiger partial charge in [-0.3, -0.25) is 0 Å². The van der Waals surface area contributed by atoms with Crippen molar-refractivity contribution in [2.75, 3.05) is 0 Å². The van der Waals surface area contributed by atoms with Crippen LogP contribution in [0.4, 0.5) is 0 Å². The van der Waals surface area contributed by atoms with E-state index in [-0.39, 0.29) is 12.2 Å². The van der Waals surface area contributed by atoms with Gasteiger partial charge in [-0.05, 0) is 71.3 Å². The van der Waals surface area contributed by atoms with Crippen LogP contribution >= 0.6 is 27.3 Å². The molecule has 1 fully saturated rings. The molecule has 1 aliphatic carbocycles. The molecule has 0 aliphatic heterocycles. The highest BCUT2D eigenvalue weighted by atomic mass is 79.9. The fourth-order valence-electron chi connectivity index (χ4n) is 5.21. The molecule has 0 radical (unpaired) electrons. The van der Waals surface area contributed by atoms with Gasteiger partial charge in [-0.2, -0.15) is 0 Å². The summed E-state index contributed by atoms with van der Waals surface area (Å²) in [6.07, 6.45) is 2.22. The summed E-state index contributed by atoms with van der Waals surface area (Å²) in [5, 5.41) is 1.05. The maximum Gasteiger partial charge on any atom is 0.153 e. The Morgan fingerprint density at radius 1 is 0.636 bits per heavy atom. The van der Waals surface area contributed by atoms with Gasteiger partial charge in [0.05, 0.1) is 17.6 Å². The van der Waals surface area contributed by atoms with Crippen LogP contribution in [0.1, 0.15) is 24.0 Å². The van der Waals surface area contributed by atoms with E-state index in [9.17, 15) is 0 Å². The summed E-state index contributed by atoms with van der Waals surface area (Å²) in [6, 6.07) is 43.0. The molecule has 5 aromatic carbocycles. The van der Waals surface area contributed by atoms with Crippen molar-refractivity contribution < 1.29 is 18.9 Å². The molecule has 4 nitrogen and oxygen atoms in total. The van der Waals surface area contributed by atoms with E-state index in [1.54, 1.807) is 11.3 Å². The molecule has 6 heteroatoms. The highest BCUT2D eigenvalue weighted by molar-refractivity contribution is 9.10. The Labute approximate surface area is 269 Å². The van der Waals surface area contributed by atoms with Gasteiger partial charge in [0.2, 0.25) is 0 Å². The minimum atomic E-state index is 0.172. The molecule has 0 spiro atoms. The maximum absolute atomic E-state index is 6.59. The predicted octanol–water partition coefficient (Wildman–Crippen LogP) is 10.8. The van der Waals surface area contributed by atoms with Crippen molar-refractivity contribution in [2.24, 2.45) is 0 Å². The first-order chi connectivity index (χ1) is 21.7. The highest BCUT2D eigenvalue weighted by Crippen LogP contribution is 2.47. The molecule has 0 amide bonds. The second-order valence-corrected chi connectivity index (χ2v) is 12.9. The van der Waals surface area contributed by atoms with E-state index < -0.39 is 0 Å². The summed E-state index contributed by atoms with van der Waals surface area (Å²) in [4.78, 5) is 1.07. The molecule has 1 heterocycles. The first-order valence-electron chi connectivity index (χ1n) is 14.8. The summed E-state index contributed by atoms with van der Waals surface area (Å²) in [5.41, 5.74) is 3.44. The average Bonchev–Trinajstić information content (AvgIpc) is 3.40. The fraction of sp³-hybridized carbons (Fsp3) is 0.158. The Balaban J connectivity index is 1.04. The van der Waals surface area contributed by atoms with Gasteiger partial charge >= 0.3 is 0 Å². The van der Waals surface area contributed by atoms with Crippen LogP contribution in [0.5, 0.6) is 23.0 Å². The number of fused-ring (bicyclic) bond motifs is 1. The second-order valence-electron chi connectivity index (χ2n) is 10.9. The summed E-state index contributed by atoms with van der Waals surface area (Å²) in [5.74, 6) is 3.28. The van der Waals surface area contributed by atoms with Gasteiger partial charge < -0.3 is 18.9 Å². The van der Waals surface area contributed by atoms with E-state index in [1.165, 1.54) is 5.56 Å². The van der Waals surface area contributed by atoms with Crippen molar-refractivity contribution >= 4 is 37.4 Å². The standard InChI is InChI=1S/C38H31BrO4S/c39-29-13-11-28(12-14-29)38-37(35-20-19-32(23-36(35)44-38)40-24-26-7-3-1-4-8-26)43-31-17-15-30(16-18-31)42-34-21-33(22-34)41-25-27-9-5-2-6-10-27/h1-20,23,33-34H,21-22,24-25H2. The SMILES string of the molecule is Brc1ccc(-c2sc3cc(OCc4ccccc4)ccc3c2Oc2ccc(OC3CC(OCc4ccccc4)C3)cc2)cc1. The molecule has 1 aromatic heterocycles. The lowest BCUT2D eigenvalue weighted by atomic mass is 9.92. The first-order valence-corrected chi connectivity index (χ1v) is 16.4. The van der Waals surface area contributed by atoms with Crippen molar-refractivity contribution in [3.8, 4) is 33.4 Å². The van der Waals surface area contributed by atoms with Crippen LogP contribution < -0.4 is 14.2 Å². The third-order valence-electron chi connectivity index (χ3n) is 7.70. The third kappa shape index (κ3) is 6.83. The van der Waals surface area contributed by atoms with E-state index in [0.717, 1.165) is 66.4 Å². The summed E-state index contributed by atoms with van der Waals surface area (Å²) >= 11 is 5.27. The molecule has 1 saturated carbocycles. The molecule has 44 heavy (non-hydrogen) atoms. The topological polar surface area (TPSA) is 36.9 Å². The number of hydrogen-bond donors (Lipinski definition) is 0. The molecule has 0 saturated heterocycles. The zero-order chi connectivity index (χ0) is 29.7.